The number of hydrogen-bond donors (Lipinski definition) is 0. The molecule has 0 amide bonds. The van der Waals surface area contributed by atoms with Crippen molar-refractivity contribution in [2.75, 3.05) is 4.90 Å². The van der Waals surface area contributed by atoms with Gasteiger partial charge in [-0.1, -0.05) is 50.2 Å². The van der Waals surface area contributed by atoms with E-state index in [9.17, 15) is 5.26 Å². The van der Waals surface area contributed by atoms with Crippen molar-refractivity contribution in [3.63, 3.8) is 0 Å². The molecule has 0 radical (unpaired) electrons. The maximum absolute atomic E-state index is 9.68. The SMILES string of the molecule is CC1(C)c2ccccc2N(c2ccc(C#N)cc2C#N)c2ccccc21. The highest BCUT2D eigenvalue weighted by Gasteiger charge is 2.36. The maximum atomic E-state index is 9.68. The molecule has 124 valence electrons. The van der Waals surface area contributed by atoms with E-state index in [1.54, 1.807) is 12.1 Å². The summed E-state index contributed by atoms with van der Waals surface area (Å²) in [5, 5.41) is 18.9. The number of para-hydroxylation sites is 2. The van der Waals surface area contributed by atoms with Gasteiger partial charge in [0, 0.05) is 5.41 Å². The number of benzene rings is 3. The third-order valence-corrected chi connectivity index (χ3v) is 5.12. The van der Waals surface area contributed by atoms with Gasteiger partial charge in [0.05, 0.1) is 34.3 Å². The van der Waals surface area contributed by atoms with E-state index in [-0.39, 0.29) is 5.41 Å². The molecule has 0 unspecified atom stereocenters. The van der Waals surface area contributed by atoms with Crippen molar-refractivity contribution in [3.8, 4) is 12.1 Å². The van der Waals surface area contributed by atoms with Crippen molar-refractivity contribution >= 4 is 17.1 Å². The van der Waals surface area contributed by atoms with Gasteiger partial charge in [0.15, 0.2) is 0 Å². The lowest BCUT2D eigenvalue weighted by Crippen LogP contribution is -2.30. The van der Waals surface area contributed by atoms with Crippen molar-refractivity contribution in [3.05, 3.63) is 89.0 Å². The van der Waals surface area contributed by atoms with Crippen LogP contribution in [0.3, 0.4) is 0 Å². The number of nitrogens with zero attached hydrogens (tertiary/aromatic N) is 3. The lowest BCUT2D eigenvalue weighted by molar-refractivity contribution is 0.632. The molecular formula is C23H17N3. The maximum Gasteiger partial charge on any atom is 0.101 e. The molecule has 0 fully saturated rings. The second-order valence-electron chi connectivity index (χ2n) is 6.95. The van der Waals surface area contributed by atoms with Crippen LogP contribution >= 0.6 is 0 Å². The third-order valence-electron chi connectivity index (χ3n) is 5.12. The van der Waals surface area contributed by atoms with E-state index in [1.807, 2.05) is 18.2 Å². The summed E-state index contributed by atoms with van der Waals surface area (Å²) in [6.07, 6.45) is 0. The first kappa shape index (κ1) is 15.9. The predicted molar refractivity (Wildman–Crippen MR) is 103 cm³/mol. The number of anilines is 3. The first-order valence-corrected chi connectivity index (χ1v) is 8.51. The van der Waals surface area contributed by atoms with E-state index in [0.717, 1.165) is 17.1 Å². The molecule has 0 atom stereocenters. The molecule has 0 saturated heterocycles. The summed E-state index contributed by atoms with van der Waals surface area (Å²) >= 11 is 0. The molecule has 1 aliphatic heterocycles. The van der Waals surface area contributed by atoms with Crippen LogP contribution in [0.25, 0.3) is 0 Å². The van der Waals surface area contributed by atoms with E-state index in [2.05, 4.69) is 67.3 Å². The van der Waals surface area contributed by atoms with Gasteiger partial charge in [-0.05, 0) is 41.5 Å². The summed E-state index contributed by atoms with van der Waals surface area (Å²) in [4.78, 5) is 2.13. The molecule has 1 heterocycles. The van der Waals surface area contributed by atoms with E-state index >= 15 is 0 Å². The molecular weight excluding hydrogens is 318 g/mol. The largest absolute Gasteiger partial charge is 0.309 e. The molecule has 26 heavy (non-hydrogen) atoms. The molecule has 0 aliphatic carbocycles. The number of fused-ring (bicyclic) bond motifs is 2. The van der Waals surface area contributed by atoms with Gasteiger partial charge in [-0.2, -0.15) is 10.5 Å². The topological polar surface area (TPSA) is 50.8 Å². The Bertz CT molecular complexity index is 1050. The van der Waals surface area contributed by atoms with Gasteiger partial charge in [-0.15, -0.1) is 0 Å². The van der Waals surface area contributed by atoms with Gasteiger partial charge in [0.1, 0.15) is 6.07 Å². The lowest BCUT2D eigenvalue weighted by Gasteiger charge is -2.42. The van der Waals surface area contributed by atoms with E-state index < -0.39 is 0 Å². The Kier molecular flexibility index (Phi) is 3.53. The molecule has 3 nitrogen and oxygen atoms in total. The molecule has 0 N–H and O–H groups in total. The molecule has 0 saturated carbocycles. The second kappa shape index (κ2) is 5.76. The van der Waals surface area contributed by atoms with Crippen molar-refractivity contribution < 1.29 is 0 Å². The standard InChI is InChI=1S/C23H17N3/c1-23(2)18-7-3-5-9-21(18)26(22-10-6-4-8-19(22)23)20-12-11-16(14-24)13-17(20)15-25/h3-13H,1-2H3. The Balaban J connectivity index is 2.06. The van der Waals surface area contributed by atoms with E-state index in [4.69, 9.17) is 5.26 Å². The Morgan fingerprint density at radius 1 is 0.731 bits per heavy atom. The van der Waals surface area contributed by atoms with Crippen LogP contribution in [-0.2, 0) is 5.41 Å². The smallest absolute Gasteiger partial charge is 0.101 e. The van der Waals surface area contributed by atoms with E-state index in [1.165, 1.54) is 11.1 Å². The van der Waals surface area contributed by atoms with Crippen LogP contribution in [0, 0.1) is 22.7 Å². The van der Waals surface area contributed by atoms with Crippen LogP contribution in [-0.4, -0.2) is 0 Å². The number of rotatable bonds is 1. The van der Waals surface area contributed by atoms with Gasteiger partial charge in [-0.3, -0.25) is 0 Å². The molecule has 1 aliphatic rings. The van der Waals surface area contributed by atoms with Gasteiger partial charge in [0.25, 0.3) is 0 Å². The Morgan fingerprint density at radius 3 is 1.85 bits per heavy atom. The summed E-state index contributed by atoms with van der Waals surface area (Å²) in [6, 6.07) is 26.3. The summed E-state index contributed by atoms with van der Waals surface area (Å²) in [5.74, 6) is 0. The Morgan fingerprint density at radius 2 is 1.31 bits per heavy atom. The fraction of sp³-hybridized carbons (Fsp3) is 0.130. The molecule has 3 aromatic carbocycles. The summed E-state index contributed by atoms with van der Waals surface area (Å²) in [5.41, 5.74) is 6.21. The molecule has 0 spiro atoms. The first-order chi connectivity index (χ1) is 12.6. The van der Waals surface area contributed by atoms with Gasteiger partial charge in [0.2, 0.25) is 0 Å². The van der Waals surface area contributed by atoms with Crippen LogP contribution in [0.5, 0.6) is 0 Å². The van der Waals surface area contributed by atoms with Gasteiger partial charge in [-0.25, -0.2) is 0 Å². The van der Waals surface area contributed by atoms with E-state index in [0.29, 0.717) is 11.1 Å². The van der Waals surface area contributed by atoms with Crippen LogP contribution < -0.4 is 4.90 Å². The summed E-state index contributed by atoms with van der Waals surface area (Å²) < 4.78 is 0. The summed E-state index contributed by atoms with van der Waals surface area (Å²) in [6.45, 7) is 4.46. The zero-order valence-corrected chi connectivity index (χ0v) is 14.7. The lowest BCUT2D eigenvalue weighted by atomic mass is 9.73. The third kappa shape index (κ3) is 2.19. The minimum Gasteiger partial charge on any atom is -0.309 e. The Hall–Kier alpha value is -3.56. The zero-order valence-electron chi connectivity index (χ0n) is 14.7. The predicted octanol–water partition coefficient (Wildman–Crippen LogP) is 5.54. The Labute approximate surface area is 153 Å². The van der Waals surface area contributed by atoms with Crippen molar-refractivity contribution in [1.29, 1.82) is 10.5 Å². The highest BCUT2D eigenvalue weighted by atomic mass is 15.2. The van der Waals surface area contributed by atoms with Crippen LogP contribution in [0.1, 0.15) is 36.1 Å². The second-order valence-corrected chi connectivity index (χ2v) is 6.95. The molecule has 3 aromatic rings. The van der Waals surface area contributed by atoms with Crippen molar-refractivity contribution in [2.24, 2.45) is 0 Å². The molecule has 0 bridgehead atoms. The molecule has 4 rings (SSSR count). The average molecular weight is 335 g/mol. The fourth-order valence-corrected chi connectivity index (χ4v) is 3.82. The van der Waals surface area contributed by atoms with Crippen molar-refractivity contribution in [1.82, 2.24) is 0 Å². The summed E-state index contributed by atoms with van der Waals surface area (Å²) in [7, 11) is 0. The van der Waals surface area contributed by atoms with Gasteiger partial charge >= 0.3 is 0 Å². The minimum atomic E-state index is -0.136. The zero-order chi connectivity index (χ0) is 18.3. The fourth-order valence-electron chi connectivity index (χ4n) is 3.82. The monoisotopic (exact) mass is 335 g/mol. The van der Waals surface area contributed by atoms with Crippen LogP contribution in [0.4, 0.5) is 17.1 Å². The highest BCUT2D eigenvalue weighted by molar-refractivity contribution is 5.87. The van der Waals surface area contributed by atoms with Crippen molar-refractivity contribution in [2.45, 2.75) is 19.3 Å². The number of nitriles is 2. The molecule has 0 aromatic heterocycles. The molecule has 3 heteroatoms. The van der Waals surface area contributed by atoms with Crippen LogP contribution in [0.15, 0.2) is 66.7 Å². The quantitative estimate of drug-likeness (QED) is 0.587. The van der Waals surface area contributed by atoms with Gasteiger partial charge < -0.3 is 4.90 Å². The van der Waals surface area contributed by atoms with Crippen LogP contribution in [0.2, 0.25) is 0 Å². The minimum absolute atomic E-state index is 0.136. The number of hydrogen-bond acceptors (Lipinski definition) is 3. The average Bonchev–Trinajstić information content (AvgIpc) is 2.68. The normalized spacial score (nSPS) is 13.9. The first-order valence-electron chi connectivity index (χ1n) is 8.51. The highest BCUT2D eigenvalue weighted by Crippen LogP contribution is 2.52.